The van der Waals surface area contributed by atoms with E-state index >= 15 is 0 Å². The summed E-state index contributed by atoms with van der Waals surface area (Å²) in [4.78, 5) is 22.1. The molecule has 1 rings (SSSR count). The molecule has 20 heavy (non-hydrogen) atoms. The molecule has 1 unspecified atom stereocenters. The molecule has 0 saturated heterocycles. The maximum absolute atomic E-state index is 11.5. The van der Waals surface area contributed by atoms with Gasteiger partial charge in [0.2, 0.25) is 5.91 Å². The number of carbonyl (C=O) groups excluding carboxylic acids is 1. The summed E-state index contributed by atoms with van der Waals surface area (Å²) in [6, 6.07) is 7.65. The Hall–Kier alpha value is -1.69. The quantitative estimate of drug-likeness (QED) is 0.761. The molecule has 0 heterocycles. The zero-order valence-electron chi connectivity index (χ0n) is 11.6. The highest BCUT2D eigenvalue weighted by Gasteiger charge is 2.13. The Morgan fingerprint density at radius 2 is 2.00 bits per heavy atom. The molecule has 0 fully saturated rings. The van der Waals surface area contributed by atoms with E-state index in [1.165, 1.54) is 0 Å². The lowest BCUT2D eigenvalue weighted by Gasteiger charge is -2.08. The molecule has 0 bridgehead atoms. The largest absolute Gasteiger partial charge is 0.497 e. The molecule has 5 nitrogen and oxygen atoms in total. The zero-order valence-corrected chi connectivity index (χ0v) is 12.4. The third kappa shape index (κ3) is 5.97. The van der Waals surface area contributed by atoms with E-state index in [4.69, 9.17) is 9.84 Å². The summed E-state index contributed by atoms with van der Waals surface area (Å²) < 4.78 is 5.07. The third-order valence-corrected chi connectivity index (χ3v) is 3.84. The predicted octanol–water partition coefficient (Wildman–Crippen LogP) is 1.56. The number of ether oxygens (including phenoxy) is 1. The number of carboxylic acids is 1. The number of thioether (sulfide) groups is 1. The summed E-state index contributed by atoms with van der Waals surface area (Å²) in [5, 5.41) is 10.9. The van der Waals surface area contributed by atoms with Gasteiger partial charge in [-0.05, 0) is 31.0 Å². The van der Waals surface area contributed by atoms with E-state index in [-0.39, 0.29) is 11.7 Å². The maximum atomic E-state index is 11.5. The molecule has 0 saturated carbocycles. The number of hydrogen-bond donors (Lipinski definition) is 2. The van der Waals surface area contributed by atoms with Crippen LogP contribution in [0.3, 0.4) is 0 Å². The number of carbonyl (C=O) groups is 2. The Morgan fingerprint density at radius 1 is 1.35 bits per heavy atom. The van der Waals surface area contributed by atoms with Crippen molar-refractivity contribution in [3.63, 3.8) is 0 Å². The molecule has 1 aromatic carbocycles. The molecule has 1 amide bonds. The number of nitrogens with one attached hydrogen (secondary N) is 1. The summed E-state index contributed by atoms with van der Waals surface area (Å²) in [5.41, 5.74) is 1.11. The van der Waals surface area contributed by atoms with Gasteiger partial charge in [-0.2, -0.15) is 0 Å². The maximum Gasteiger partial charge on any atom is 0.316 e. The van der Waals surface area contributed by atoms with Gasteiger partial charge in [0.25, 0.3) is 0 Å². The van der Waals surface area contributed by atoms with Crippen LogP contribution in [0.2, 0.25) is 0 Å². The molecule has 110 valence electrons. The minimum Gasteiger partial charge on any atom is -0.497 e. The molecule has 1 atom stereocenters. The highest BCUT2D eigenvalue weighted by Crippen LogP contribution is 2.11. The topological polar surface area (TPSA) is 75.6 Å². The van der Waals surface area contributed by atoms with E-state index in [0.717, 1.165) is 29.5 Å². The van der Waals surface area contributed by atoms with Crippen LogP contribution in [-0.4, -0.2) is 41.6 Å². The van der Waals surface area contributed by atoms with Crippen molar-refractivity contribution >= 4 is 23.6 Å². The van der Waals surface area contributed by atoms with E-state index in [1.807, 2.05) is 24.3 Å². The van der Waals surface area contributed by atoms with Crippen LogP contribution in [0.4, 0.5) is 0 Å². The van der Waals surface area contributed by atoms with Gasteiger partial charge in [0.15, 0.2) is 0 Å². The second-order valence-corrected chi connectivity index (χ2v) is 5.57. The van der Waals surface area contributed by atoms with Gasteiger partial charge in [-0.3, -0.25) is 9.59 Å². The molecule has 0 aliphatic rings. The lowest BCUT2D eigenvalue weighted by Crippen LogP contribution is -2.28. The number of amides is 1. The number of methoxy groups -OCH3 is 1. The molecule has 1 aromatic rings. The molecule has 2 N–H and O–H groups in total. The van der Waals surface area contributed by atoms with Gasteiger partial charge in [0, 0.05) is 6.54 Å². The first-order valence-electron chi connectivity index (χ1n) is 6.27. The van der Waals surface area contributed by atoms with Crippen LogP contribution in [0, 0.1) is 0 Å². The fourth-order valence-corrected chi connectivity index (χ4v) is 2.11. The second-order valence-electron chi connectivity index (χ2n) is 4.24. The van der Waals surface area contributed by atoms with Crippen LogP contribution in [0.15, 0.2) is 24.3 Å². The van der Waals surface area contributed by atoms with Crippen LogP contribution in [0.1, 0.15) is 12.5 Å². The Morgan fingerprint density at radius 3 is 2.55 bits per heavy atom. The van der Waals surface area contributed by atoms with Gasteiger partial charge in [-0.25, -0.2) is 0 Å². The Bertz CT molecular complexity index is 447. The molecular weight excluding hydrogens is 278 g/mol. The van der Waals surface area contributed by atoms with Crippen molar-refractivity contribution in [2.75, 3.05) is 19.4 Å². The van der Waals surface area contributed by atoms with Crippen LogP contribution < -0.4 is 10.1 Å². The van der Waals surface area contributed by atoms with Crippen molar-refractivity contribution in [1.29, 1.82) is 0 Å². The van der Waals surface area contributed by atoms with E-state index in [9.17, 15) is 9.59 Å². The molecule has 6 heteroatoms. The fraction of sp³-hybridized carbons (Fsp3) is 0.429. The van der Waals surface area contributed by atoms with Crippen molar-refractivity contribution < 1.29 is 19.4 Å². The highest BCUT2D eigenvalue weighted by molar-refractivity contribution is 8.01. The van der Waals surface area contributed by atoms with Gasteiger partial charge in [0.05, 0.1) is 18.1 Å². The normalized spacial score (nSPS) is 11.7. The van der Waals surface area contributed by atoms with Gasteiger partial charge in [0.1, 0.15) is 5.75 Å². The SMILES string of the molecule is COc1ccc(CCNC(=O)CSC(C)C(=O)O)cc1. The summed E-state index contributed by atoms with van der Waals surface area (Å²) in [7, 11) is 1.62. The van der Waals surface area contributed by atoms with Gasteiger partial charge < -0.3 is 15.2 Å². The van der Waals surface area contributed by atoms with Crippen LogP contribution in [0.5, 0.6) is 5.75 Å². The van der Waals surface area contributed by atoms with Gasteiger partial charge in [-0.15, -0.1) is 11.8 Å². The number of aliphatic carboxylic acids is 1. The van der Waals surface area contributed by atoms with E-state index < -0.39 is 11.2 Å². The Kier molecular flexibility index (Phi) is 6.93. The summed E-state index contributed by atoms with van der Waals surface area (Å²) in [5.74, 6) is -0.0784. The lowest BCUT2D eigenvalue weighted by molar-refractivity contribution is -0.136. The molecule has 0 spiro atoms. The van der Waals surface area contributed by atoms with Gasteiger partial charge in [-0.1, -0.05) is 12.1 Å². The number of hydrogen-bond acceptors (Lipinski definition) is 4. The highest BCUT2D eigenvalue weighted by atomic mass is 32.2. The van der Waals surface area contributed by atoms with E-state index in [2.05, 4.69) is 5.32 Å². The molecule has 0 radical (unpaired) electrons. The Labute approximate surface area is 122 Å². The smallest absolute Gasteiger partial charge is 0.316 e. The van der Waals surface area contributed by atoms with Crippen LogP contribution in [-0.2, 0) is 16.0 Å². The molecule has 0 aliphatic heterocycles. The predicted molar refractivity (Wildman–Crippen MR) is 79.3 cm³/mol. The van der Waals surface area contributed by atoms with Crippen LogP contribution >= 0.6 is 11.8 Å². The fourth-order valence-electron chi connectivity index (χ4n) is 1.46. The second kappa shape index (κ2) is 8.47. The minimum absolute atomic E-state index is 0.142. The van der Waals surface area contributed by atoms with Crippen molar-refractivity contribution in [3.05, 3.63) is 29.8 Å². The zero-order chi connectivity index (χ0) is 15.0. The summed E-state index contributed by atoms with van der Waals surface area (Å²) in [6.45, 7) is 2.10. The van der Waals surface area contributed by atoms with Crippen molar-refractivity contribution in [2.45, 2.75) is 18.6 Å². The van der Waals surface area contributed by atoms with Gasteiger partial charge >= 0.3 is 5.97 Å². The lowest BCUT2D eigenvalue weighted by atomic mass is 10.1. The first kappa shape index (κ1) is 16.4. The number of carboxylic acid groups (broad SMARTS) is 1. The van der Waals surface area contributed by atoms with Crippen molar-refractivity contribution in [1.82, 2.24) is 5.32 Å². The van der Waals surface area contributed by atoms with Crippen LogP contribution in [0.25, 0.3) is 0 Å². The number of benzene rings is 1. The third-order valence-electron chi connectivity index (χ3n) is 2.71. The van der Waals surface area contributed by atoms with E-state index in [0.29, 0.717) is 6.54 Å². The van der Waals surface area contributed by atoms with Crippen molar-refractivity contribution in [3.8, 4) is 5.75 Å². The minimum atomic E-state index is -0.902. The van der Waals surface area contributed by atoms with E-state index in [1.54, 1.807) is 14.0 Å². The average molecular weight is 297 g/mol. The first-order valence-corrected chi connectivity index (χ1v) is 7.32. The molecular formula is C14H19NO4S. The summed E-state index contributed by atoms with van der Waals surface area (Å²) in [6.07, 6.45) is 0.731. The summed E-state index contributed by atoms with van der Waals surface area (Å²) >= 11 is 1.12. The molecule has 0 aromatic heterocycles. The Balaban J connectivity index is 2.22. The monoisotopic (exact) mass is 297 g/mol. The molecule has 0 aliphatic carbocycles. The standard InChI is InChI=1S/C14H19NO4S/c1-10(14(17)18)20-9-13(16)15-8-7-11-3-5-12(19-2)6-4-11/h3-6,10H,7-9H2,1-2H3,(H,15,16)(H,17,18). The van der Waals surface area contributed by atoms with Crippen molar-refractivity contribution in [2.24, 2.45) is 0 Å². The average Bonchev–Trinajstić information content (AvgIpc) is 2.45. The first-order chi connectivity index (χ1) is 9.52. The number of rotatable bonds is 8.